The first-order valence-corrected chi connectivity index (χ1v) is 4.65. The highest BCUT2D eigenvalue weighted by atomic mass is 16.1. The zero-order valence-electron chi connectivity index (χ0n) is 7.18. The lowest BCUT2D eigenvalue weighted by Gasteiger charge is -2.36. The van der Waals surface area contributed by atoms with Crippen LogP contribution in [0.4, 0.5) is 0 Å². The van der Waals surface area contributed by atoms with Crippen molar-refractivity contribution < 1.29 is 4.79 Å². The van der Waals surface area contributed by atoms with Crippen LogP contribution in [0.1, 0.15) is 33.1 Å². The van der Waals surface area contributed by atoms with E-state index in [1.165, 1.54) is 12.8 Å². The lowest BCUT2D eigenvalue weighted by molar-refractivity contribution is -0.138. The van der Waals surface area contributed by atoms with Crippen LogP contribution < -0.4 is 0 Å². The Morgan fingerprint density at radius 2 is 2.09 bits per heavy atom. The fourth-order valence-corrected chi connectivity index (χ4v) is 4.21. The SMILES string of the molecule is CC1(C)C2CCC3CC(=O)C321. The van der Waals surface area contributed by atoms with Gasteiger partial charge in [-0.1, -0.05) is 13.8 Å². The zero-order valence-corrected chi connectivity index (χ0v) is 7.18. The standard InChI is InChI=1S/C10H14O/c1-9(2)7-4-3-6-5-8(11)10(6,7)9/h6-7H,3-5H2,1-2H3. The maximum absolute atomic E-state index is 11.5. The van der Waals surface area contributed by atoms with E-state index in [1.54, 1.807) is 0 Å². The van der Waals surface area contributed by atoms with Crippen LogP contribution in [0.2, 0.25) is 0 Å². The van der Waals surface area contributed by atoms with Gasteiger partial charge < -0.3 is 0 Å². The topological polar surface area (TPSA) is 17.1 Å². The van der Waals surface area contributed by atoms with Gasteiger partial charge in [-0.05, 0) is 30.1 Å². The van der Waals surface area contributed by atoms with E-state index in [0.29, 0.717) is 11.2 Å². The summed E-state index contributed by atoms with van der Waals surface area (Å²) < 4.78 is 0. The van der Waals surface area contributed by atoms with Crippen LogP contribution in [-0.2, 0) is 4.79 Å². The number of rotatable bonds is 0. The fraction of sp³-hybridized carbons (Fsp3) is 0.900. The molecule has 0 radical (unpaired) electrons. The van der Waals surface area contributed by atoms with Crippen molar-refractivity contribution in [3.63, 3.8) is 0 Å². The van der Waals surface area contributed by atoms with Crippen LogP contribution >= 0.6 is 0 Å². The van der Waals surface area contributed by atoms with Gasteiger partial charge in [-0.25, -0.2) is 0 Å². The second-order valence-electron chi connectivity index (χ2n) is 5.04. The average molecular weight is 150 g/mol. The Morgan fingerprint density at radius 3 is 2.45 bits per heavy atom. The molecule has 0 aliphatic heterocycles. The molecule has 0 saturated heterocycles. The first-order valence-electron chi connectivity index (χ1n) is 4.65. The van der Waals surface area contributed by atoms with Crippen molar-refractivity contribution in [3.05, 3.63) is 0 Å². The molecule has 3 aliphatic rings. The highest BCUT2D eigenvalue weighted by molar-refractivity contribution is 5.97. The summed E-state index contributed by atoms with van der Waals surface area (Å²) >= 11 is 0. The summed E-state index contributed by atoms with van der Waals surface area (Å²) in [7, 11) is 0. The quantitative estimate of drug-likeness (QED) is 0.516. The third-order valence-corrected chi connectivity index (χ3v) is 4.74. The van der Waals surface area contributed by atoms with Crippen LogP contribution in [0.25, 0.3) is 0 Å². The van der Waals surface area contributed by atoms with Crippen molar-refractivity contribution in [1.82, 2.24) is 0 Å². The fourth-order valence-electron chi connectivity index (χ4n) is 4.21. The molecule has 0 amide bonds. The largest absolute Gasteiger partial charge is 0.299 e. The van der Waals surface area contributed by atoms with E-state index >= 15 is 0 Å². The molecule has 1 heteroatoms. The molecule has 0 bridgehead atoms. The molecule has 3 fully saturated rings. The Bertz CT molecular complexity index is 254. The molecule has 3 unspecified atom stereocenters. The van der Waals surface area contributed by atoms with E-state index in [4.69, 9.17) is 0 Å². The smallest absolute Gasteiger partial charge is 0.140 e. The molecule has 3 aliphatic carbocycles. The summed E-state index contributed by atoms with van der Waals surface area (Å²) in [5.74, 6) is 2.13. The van der Waals surface area contributed by atoms with Gasteiger partial charge in [-0.3, -0.25) is 4.79 Å². The van der Waals surface area contributed by atoms with Crippen molar-refractivity contribution in [2.75, 3.05) is 0 Å². The second kappa shape index (κ2) is 1.30. The minimum absolute atomic E-state index is 0.215. The molecule has 0 aromatic heterocycles. The molecular weight excluding hydrogens is 136 g/mol. The molecule has 0 aromatic rings. The van der Waals surface area contributed by atoms with E-state index in [-0.39, 0.29) is 5.41 Å². The normalized spacial score (nSPS) is 56.4. The summed E-state index contributed by atoms with van der Waals surface area (Å²) in [4.78, 5) is 11.5. The molecule has 3 saturated carbocycles. The van der Waals surface area contributed by atoms with Crippen molar-refractivity contribution >= 4 is 5.78 Å². The van der Waals surface area contributed by atoms with Crippen molar-refractivity contribution in [2.24, 2.45) is 22.7 Å². The number of hydrogen-bond donors (Lipinski definition) is 0. The number of hydrogen-bond acceptors (Lipinski definition) is 1. The zero-order chi connectivity index (χ0) is 7.85. The van der Waals surface area contributed by atoms with Gasteiger partial charge in [0.05, 0.1) is 0 Å². The highest BCUT2D eigenvalue weighted by Crippen LogP contribution is 2.84. The maximum atomic E-state index is 11.5. The van der Waals surface area contributed by atoms with Gasteiger partial charge in [0.1, 0.15) is 5.78 Å². The van der Waals surface area contributed by atoms with Gasteiger partial charge in [-0.15, -0.1) is 0 Å². The Kier molecular flexibility index (Phi) is 0.733. The predicted molar refractivity (Wildman–Crippen MR) is 42.1 cm³/mol. The molecular formula is C10H14O. The summed E-state index contributed by atoms with van der Waals surface area (Å²) in [6.07, 6.45) is 3.56. The van der Waals surface area contributed by atoms with Crippen LogP contribution in [0.15, 0.2) is 0 Å². The third-order valence-electron chi connectivity index (χ3n) is 4.74. The Morgan fingerprint density at radius 1 is 1.36 bits per heavy atom. The van der Waals surface area contributed by atoms with Crippen LogP contribution in [0.3, 0.4) is 0 Å². The second-order valence-corrected chi connectivity index (χ2v) is 5.04. The van der Waals surface area contributed by atoms with Crippen LogP contribution in [-0.4, -0.2) is 5.78 Å². The molecule has 0 N–H and O–H groups in total. The minimum atomic E-state index is 0.215. The van der Waals surface area contributed by atoms with Gasteiger partial charge in [0.2, 0.25) is 0 Å². The number of carbonyl (C=O) groups excluding carboxylic acids is 1. The average Bonchev–Trinajstić information content (AvgIpc) is 2.32. The molecule has 11 heavy (non-hydrogen) atoms. The van der Waals surface area contributed by atoms with E-state index in [1.807, 2.05) is 0 Å². The number of ketones is 1. The summed E-state index contributed by atoms with van der Waals surface area (Å²) in [5, 5.41) is 0. The van der Waals surface area contributed by atoms with Gasteiger partial charge in [-0.2, -0.15) is 0 Å². The summed E-state index contributed by atoms with van der Waals surface area (Å²) in [5.41, 5.74) is 0.595. The first kappa shape index (κ1) is 6.22. The summed E-state index contributed by atoms with van der Waals surface area (Å²) in [6, 6.07) is 0. The predicted octanol–water partition coefficient (Wildman–Crippen LogP) is 2.01. The molecule has 60 valence electrons. The van der Waals surface area contributed by atoms with Crippen LogP contribution in [0.5, 0.6) is 0 Å². The van der Waals surface area contributed by atoms with Gasteiger partial charge in [0.15, 0.2) is 0 Å². The Hall–Kier alpha value is -0.330. The van der Waals surface area contributed by atoms with Gasteiger partial charge in [0.25, 0.3) is 0 Å². The number of Topliss-reactive ketones (excluding diaryl/α,β-unsaturated/α-hetero) is 1. The number of carbonyl (C=O) groups is 1. The molecule has 3 rings (SSSR count). The van der Waals surface area contributed by atoms with Crippen molar-refractivity contribution in [1.29, 1.82) is 0 Å². The summed E-state index contributed by atoms with van der Waals surface area (Å²) in [6.45, 7) is 4.56. The molecule has 1 nitrogen and oxygen atoms in total. The van der Waals surface area contributed by atoms with E-state index in [0.717, 1.165) is 18.3 Å². The molecule has 1 spiro atoms. The van der Waals surface area contributed by atoms with E-state index in [2.05, 4.69) is 13.8 Å². The highest BCUT2D eigenvalue weighted by Gasteiger charge is 2.83. The lowest BCUT2D eigenvalue weighted by Crippen LogP contribution is -2.41. The third kappa shape index (κ3) is 0.361. The van der Waals surface area contributed by atoms with Gasteiger partial charge in [0, 0.05) is 11.8 Å². The Labute approximate surface area is 67.2 Å². The van der Waals surface area contributed by atoms with Crippen LogP contribution in [0, 0.1) is 22.7 Å². The molecule has 3 atom stereocenters. The molecule has 0 aromatic carbocycles. The van der Waals surface area contributed by atoms with E-state index < -0.39 is 0 Å². The lowest BCUT2D eigenvalue weighted by atomic mass is 9.65. The van der Waals surface area contributed by atoms with Crippen molar-refractivity contribution in [3.8, 4) is 0 Å². The van der Waals surface area contributed by atoms with Crippen molar-refractivity contribution in [2.45, 2.75) is 33.1 Å². The van der Waals surface area contributed by atoms with E-state index in [9.17, 15) is 4.79 Å². The van der Waals surface area contributed by atoms with Gasteiger partial charge >= 0.3 is 0 Å². The Balaban J connectivity index is 2.09. The molecule has 0 heterocycles. The minimum Gasteiger partial charge on any atom is -0.299 e. The maximum Gasteiger partial charge on any atom is 0.140 e. The monoisotopic (exact) mass is 150 g/mol. The first-order chi connectivity index (χ1) is 5.12.